The van der Waals surface area contributed by atoms with Gasteiger partial charge < -0.3 is 15.0 Å². The van der Waals surface area contributed by atoms with Crippen LogP contribution < -0.4 is 5.32 Å². The van der Waals surface area contributed by atoms with Crippen molar-refractivity contribution in [1.82, 2.24) is 10.2 Å². The third-order valence-corrected chi connectivity index (χ3v) is 2.53. The van der Waals surface area contributed by atoms with Crippen LogP contribution in [-0.4, -0.2) is 50.6 Å². The minimum absolute atomic E-state index is 0.0899. The van der Waals surface area contributed by atoms with Gasteiger partial charge in [-0.15, -0.1) is 0 Å². The molecule has 0 heterocycles. The average molecular weight is 228 g/mol. The molecule has 0 radical (unpaired) electrons. The predicted molar refractivity (Wildman–Crippen MR) is 59.9 cm³/mol. The largest absolute Gasteiger partial charge is 0.385 e. The average Bonchev–Trinajstić information content (AvgIpc) is 3.07. The molecule has 1 saturated carbocycles. The molecule has 5 nitrogen and oxygen atoms in total. The summed E-state index contributed by atoms with van der Waals surface area (Å²) in [7, 11) is 3.30. The highest BCUT2D eigenvalue weighted by atomic mass is 16.5. The number of hydrogen-bond donors (Lipinski definition) is 1. The van der Waals surface area contributed by atoms with E-state index >= 15 is 0 Å². The molecular formula is C11H20N2O3. The van der Waals surface area contributed by atoms with Gasteiger partial charge in [0, 0.05) is 33.2 Å². The lowest BCUT2D eigenvalue weighted by Crippen LogP contribution is -2.39. The van der Waals surface area contributed by atoms with E-state index in [2.05, 4.69) is 5.32 Å². The lowest BCUT2D eigenvalue weighted by Gasteiger charge is -2.16. The molecule has 0 aliphatic heterocycles. The van der Waals surface area contributed by atoms with Crippen molar-refractivity contribution in [2.75, 3.05) is 33.9 Å². The molecule has 0 bridgehead atoms. The third kappa shape index (κ3) is 4.61. The maximum atomic E-state index is 11.5. The van der Waals surface area contributed by atoms with Crippen LogP contribution in [0.1, 0.15) is 19.3 Å². The summed E-state index contributed by atoms with van der Waals surface area (Å²) in [5.41, 5.74) is 0. The van der Waals surface area contributed by atoms with E-state index in [-0.39, 0.29) is 24.3 Å². The summed E-state index contributed by atoms with van der Waals surface area (Å²) in [4.78, 5) is 24.5. The first-order chi connectivity index (χ1) is 7.65. The van der Waals surface area contributed by atoms with Crippen molar-refractivity contribution in [3.63, 3.8) is 0 Å². The highest BCUT2D eigenvalue weighted by molar-refractivity contribution is 5.86. The standard InChI is InChI=1S/C11H20N2O3/c1-13(11(15)9-4-5-9)8-10(14)12-6-3-7-16-2/h9H,3-8H2,1-2H3,(H,12,14). The Morgan fingerprint density at radius 2 is 2.12 bits per heavy atom. The normalized spacial score (nSPS) is 14.6. The molecule has 1 N–H and O–H groups in total. The maximum Gasteiger partial charge on any atom is 0.239 e. The van der Waals surface area contributed by atoms with Crippen molar-refractivity contribution >= 4 is 11.8 Å². The number of ether oxygens (including phenoxy) is 1. The molecule has 0 aromatic rings. The van der Waals surface area contributed by atoms with Gasteiger partial charge in [-0.25, -0.2) is 0 Å². The highest BCUT2D eigenvalue weighted by Gasteiger charge is 2.32. The first-order valence-electron chi connectivity index (χ1n) is 5.65. The predicted octanol–water partition coefficient (Wildman–Crippen LogP) is 0.00750. The van der Waals surface area contributed by atoms with Crippen molar-refractivity contribution in [2.45, 2.75) is 19.3 Å². The second-order valence-electron chi connectivity index (χ2n) is 4.16. The molecule has 0 unspecified atom stereocenters. The summed E-state index contributed by atoms with van der Waals surface area (Å²) in [6, 6.07) is 0. The Morgan fingerprint density at radius 3 is 2.69 bits per heavy atom. The molecule has 0 saturated heterocycles. The van der Waals surface area contributed by atoms with Crippen LogP contribution in [0.15, 0.2) is 0 Å². The van der Waals surface area contributed by atoms with Gasteiger partial charge in [-0.3, -0.25) is 9.59 Å². The van der Waals surface area contributed by atoms with Gasteiger partial charge in [-0.2, -0.15) is 0 Å². The Hall–Kier alpha value is -1.10. The van der Waals surface area contributed by atoms with Crippen LogP contribution >= 0.6 is 0 Å². The van der Waals surface area contributed by atoms with Crippen LogP contribution in [0.4, 0.5) is 0 Å². The summed E-state index contributed by atoms with van der Waals surface area (Å²) in [6.45, 7) is 1.39. The number of rotatable bonds is 7. The highest BCUT2D eigenvalue weighted by Crippen LogP contribution is 2.30. The number of nitrogens with one attached hydrogen (secondary N) is 1. The molecule has 1 aliphatic carbocycles. The van der Waals surface area contributed by atoms with E-state index in [1.165, 1.54) is 4.90 Å². The smallest absolute Gasteiger partial charge is 0.239 e. The van der Waals surface area contributed by atoms with Crippen molar-refractivity contribution in [2.24, 2.45) is 5.92 Å². The van der Waals surface area contributed by atoms with Gasteiger partial charge in [-0.1, -0.05) is 0 Å². The van der Waals surface area contributed by atoms with Crippen molar-refractivity contribution in [3.05, 3.63) is 0 Å². The zero-order chi connectivity index (χ0) is 12.0. The SMILES string of the molecule is COCCCNC(=O)CN(C)C(=O)C1CC1. The van der Waals surface area contributed by atoms with E-state index in [1.54, 1.807) is 14.2 Å². The van der Waals surface area contributed by atoms with Crippen LogP contribution in [0.2, 0.25) is 0 Å². The third-order valence-electron chi connectivity index (χ3n) is 2.53. The van der Waals surface area contributed by atoms with Gasteiger partial charge in [-0.05, 0) is 19.3 Å². The molecular weight excluding hydrogens is 208 g/mol. The Balaban J connectivity index is 2.10. The topological polar surface area (TPSA) is 58.6 Å². The van der Waals surface area contributed by atoms with Gasteiger partial charge in [0.1, 0.15) is 0 Å². The van der Waals surface area contributed by atoms with Crippen LogP contribution in [0.3, 0.4) is 0 Å². The van der Waals surface area contributed by atoms with Crippen LogP contribution in [-0.2, 0) is 14.3 Å². The fraction of sp³-hybridized carbons (Fsp3) is 0.818. The molecule has 0 atom stereocenters. The molecule has 5 heteroatoms. The number of methoxy groups -OCH3 is 1. The number of likely N-dealkylation sites (N-methyl/N-ethyl adjacent to an activating group) is 1. The van der Waals surface area contributed by atoms with Gasteiger partial charge in [0.25, 0.3) is 0 Å². The van der Waals surface area contributed by atoms with Gasteiger partial charge in [0.2, 0.25) is 11.8 Å². The molecule has 0 aromatic carbocycles. The van der Waals surface area contributed by atoms with Crippen molar-refractivity contribution in [1.29, 1.82) is 0 Å². The minimum Gasteiger partial charge on any atom is -0.385 e. The van der Waals surface area contributed by atoms with Crippen molar-refractivity contribution in [3.8, 4) is 0 Å². The first-order valence-corrected chi connectivity index (χ1v) is 5.65. The van der Waals surface area contributed by atoms with E-state index in [0.29, 0.717) is 13.2 Å². The molecule has 1 aliphatic rings. The van der Waals surface area contributed by atoms with E-state index < -0.39 is 0 Å². The quantitative estimate of drug-likeness (QED) is 0.624. The second-order valence-corrected chi connectivity index (χ2v) is 4.16. The maximum absolute atomic E-state index is 11.5. The molecule has 0 aromatic heterocycles. The van der Waals surface area contributed by atoms with Gasteiger partial charge >= 0.3 is 0 Å². The fourth-order valence-electron chi connectivity index (χ4n) is 1.44. The second kappa shape index (κ2) is 6.48. The summed E-state index contributed by atoms with van der Waals surface area (Å²) >= 11 is 0. The molecule has 2 amide bonds. The summed E-state index contributed by atoms with van der Waals surface area (Å²) in [5, 5.41) is 2.75. The Morgan fingerprint density at radius 1 is 1.44 bits per heavy atom. The van der Waals surface area contributed by atoms with E-state index in [1.807, 2.05) is 0 Å². The number of hydrogen-bond acceptors (Lipinski definition) is 3. The number of carbonyl (C=O) groups excluding carboxylic acids is 2. The summed E-state index contributed by atoms with van der Waals surface area (Å²) in [5.74, 6) is 0.158. The van der Waals surface area contributed by atoms with Crippen LogP contribution in [0.5, 0.6) is 0 Å². The number of nitrogens with zero attached hydrogens (tertiary/aromatic N) is 1. The summed E-state index contributed by atoms with van der Waals surface area (Å²) < 4.78 is 4.87. The lowest BCUT2D eigenvalue weighted by molar-refractivity contribution is -0.135. The first kappa shape index (κ1) is 13.0. The number of amides is 2. The lowest BCUT2D eigenvalue weighted by atomic mass is 10.3. The zero-order valence-electron chi connectivity index (χ0n) is 9.99. The molecule has 0 spiro atoms. The monoisotopic (exact) mass is 228 g/mol. The molecule has 1 rings (SSSR count). The Kier molecular flexibility index (Phi) is 5.25. The fourth-order valence-corrected chi connectivity index (χ4v) is 1.44. The Bertz CT molecular complexity index is 252. The summed E-state index contributed by atoms with van der Waals surface area (Å²) in [6.07, 6.45) is 2.74. The van der Waals surface area contributed by atoms with Gasteiger partial charge in [0.15, 0.2) is 0 Å². The van der Waals surface area contributed by atoms with Crippen molar-refractivity contribution < 1.29 is 14.3 Å². The van der Waals surface area contributed by atoms with E-state index in [0.717, 1.165) is 19.3 Å². The molecule has 92 valence electrons. The van der Waals surface area contributed by atoms with Gasteiger partial charge in [0.05, 0.1) is 6.54 Å². The van der Waals surface area contributed by atoms with Crippen LogP contribution in [0, 0.1) is 5.92 Å². The van der Waals surface area contributed by atoms with Crippen LogP contribution in [0.25, 0.3) is 0 Å². The molecule has 1 fully saturated rings. The minimum atomic E-state index is -0.104. The van der Waals surface area contributed by atoms with E-state index in [9.17, 15) is 9.59 Å². The Labute approximate surface area is 96.1 Å². The number of carbonyl (C=O) groups is 2. The zero-order valence-corrected chi connectivity index (χ0v) is 9.99. The van der Waals surface area contributed by atoms with E-state index in [4.69, 9.17) is 4.74 Å². The molecule has 16 heavy (non-hydrogen) atoms.